The highest BCUT2D eigenvalue weighted by atomic mass is 32.2. The molecular weight excluding hydrogens is 403 g/mol. The number of thiophene rings is 1. The van der Waals surface area contributed by atoms with Gasteiger partial charge in [-0.25, -0.2) is 13.1 Å². The van der Waals surface area contributed by atoms with Crippen LogP contribution in [0.4, 0.5) is 13.2 Å². The van der Waals surface area contributed by atoms with Gasteiger partial charge in [-0.15, -0.1) is 11.3 Å². The second kappa shape index (κ2) is 6.77. The molecule has 3 rings (SSSR count). The van der Waals surface area contributed by atoms with Crippen LogP contribution in [0.25, 0.3) is 10.6 Å². The first-order valence-electron chi connectivity index (χ1n) is 7.71. The van der Waals surface area contributed by atoms with Gasteiger partial charge < -0.3 is 0 Å². The average molecular weight is 419 g/mol. The van der Waals surface area contributed by atoms with Crippen LogP contribution in [0.3, 0.4) is 0 Å². The Morgan fingerprint density at radius 1 is 1.33 bits per heavy atom. The number of nitrogens with one attached hydrogen (secondary N) is 2. The van der Waals surface area contributed by atoms with Crippen molar-refractivity contribution in [2.45, 2.75) is 31.0 Å². The number of sulfonamides is 1. The van der Waals surface area contributed by atoms with Gasteiger partial charge >= 0.3 is 6.18 Å². The monoisotopic (exact) mass is 419 g/mol. The molecule has 0 aliphatic carbocycles. The van der Waals surface area contributed by atoms with Crippen molar-refractivity contribution in [3.8, 4) is 10.6 Å². The summed E-state index contributed by atoms with van der Waals surface area (Å²) in [6, 6.07) is 1.66. The van der Waals surface area contributed by atoms with Crippen molar-refractivity contribution >= 4 is 21.4 Å². The third kappa shape index (κ3) is 4.06. The first-order chi connectivity index (χ1) is 12.5. The Bertz CT molecular complexity index is 1070. The molecule has 0 aliphatic rings. The SMILES string of the molecule is Cc1sc(-c2cc(C(F)(F)F)[nH]n2)cc1S(=O)(=O)NC(C)c1cnn(C)c1. The second-order valence-corrected chi connectivity index (χ2v) is 8.92. The third-order valence-electron chi connectivity index (χ3n) is 3.85. The first kappa shape index (κ1) is 19.6. The maximum Gasteiger partial charge on any atom is 0.432 e. The van der Waals surface area contributed by atoms with E-state index in [2.05, 4.69) is 14.9 Å². The molecular formula is C15H16F3N5O2S2. The van der Waals surface area contributed by atoms with E-state index in [4.69, 9.17) is 0 Å². The predicted molar refractivity (Wildman–Crippen MR) is 93.6 cm³/mol. The van der Waals surface area contributed by atoms with E-state index in [1.165, 1.54) is 6.07 Å². The predicted octanol–water partition coefficient (Wildman–Crippen LogP) is 3.24. The number of nitrogens with zero attached hydrogens (tertiary/aromatic N) is 3. The van der Waals surface area contributed by atoms with E-state index < -0.39 is 27.9 Å². The lowest BCUT2D eigenvalue weighted by Gasteiger charge is -2.12. The quantitative estimate of drug-likeness (QED) is 0.664. The van der Waals surface area contributed by atoms with Gasteiger partial charge in [0.15, 0.2) is 0 Å². The van der Waals surface area contributed by atoms with Gasteiger partial charge in [0.25, 0.3) is 0 Å². The van der Waals surface area contributed by atoms with E-state index in [0.717, 1.165) is 17.4 Å². The van der Waals surface area contributed by atoms with Crippen LogP contribution < -0.4 is 4.72 Å². The Hall–Kier alpha value is -2.18. The van der Waals surface area contributed by atoms with Crippen LogP contribution in [0.15, 0.2) is 29.4 Å². The largest absolute Gasteiger partial charge is 0.432 e. The topological polar surface area (TPSA) is 92.7 Å². The minimum Gasteiger partial charge on any atom is -0.275 e. The molecule has 0 aliphatic heterocycles. The minimum atomic E-state index is -4.55. The van der Waals surface area contributed by atoms with E-state index in [1.807, 2.05) is 5.10 Å². The maximum absolute atomic E-state index is 12.7. The molecule has 0 fully saturated rings. The number of hydrogen-bond acceptors (Lipinski definition) is 5. The normalized spacial score (nSPS) is 13.9. The molecule has 0 spiro atoms. The molecule has 3 heterocycles. The van der Waals surface area contributed by atoms with Crippen LogP contribution >= 0.6 is 11.3 Å². The number of aromatic amines is 1. The molecule has 1 unspecified atom stereocenters. The fraction of sp³-hybridized carbons (Fsp3) is 0.333. The summed E-state index contributed by atoms with van der Waals surface area (Å²) < 4.78 is 67.7. The fourth-order valence-electron chi connectivity index (χ4n) is 2.48. The molecule has 0 amide bonds. The summed E-state index contributed by atoms with van der Waals surface area (Å²) in [5, 5.41) is 9.57. The summed E-state index contributed by atoms with van der Waals surface area (Å²) in [5.74, 6) is 0. The number of alkyl halides is 3. The highest BCUT2D eigenvalue weighted by molar-refractivity contribution is 7.89. The summed E-state index contributed by atoms with van der Waals surface area (Å²) in [5.41, 5.74) is -0.259. The number of hydrogen-bond donors (Lipinski definition) is 2. The zero-order valence-corrected chi connectivity index (χ0v) is 16.1. The zero-order chi connectivity index (χ0) is 20.0. The van der Waals surface area contributed by atoms with Gasteiger partial charge in [-0.1, -0.05) is 0 Å². The Morgan fingerprint density at radius 3 is 2.59 bits per heavy atom. The van der Waals surface area contributed by atoms with Gasteiger partial charge in [0.1, 0.15) is 11.4 Å². The summed E-state index contributed by atoms with van der Waals surface area (Å²) in [6.07, 6.45) is -1.30. The standard InChI is InChI=1S/C15H16F3N5O2S2/c1-8(10-6-19-23(3)7-10)22-27(24,25)13-5-12(26-9(13)2)11-4-14(21-20-11)15(16,17)18/h4-8,22H,1-3H3,(H,20,21). The number of rotatable bonds is 5. The highest BCUT2D eigenvalue weighted by Crippen LogP contribution is 2.36. The number of halogens is 3. The molecule has 3 aromatic rings. The van der Waals surface area contributed by atoms with E-state index in [0.29, 0.717) is 15.3 Å². The number of aryl methyl sites for hydroxylation is 2. The lowest BCUT2D eigenvalue weighted by Crippen LogP contribution is -2.26. The molecule has 27 heavy (non-hydrogen) atoms. The molecule has 1 atom stereocenters. The van der Waals surface area contributed by atoms with Gasteiger partial charge in [0, 0.05) is 29.7 Å². The summed E-state index contributed by atoms with van der Waals surface area (Å²) in [4.78, 5) is 0.788. The highest BCUT2D eigenvalue weighted by Gasteiger charge is 2.33. The van der Waals surface area contributed by atoms with E-state index in [9.17, 15) is 21.6 Å². The third-order valence-corrected chi connectivity index (χ3v) is 6.72. The van der Waals surface area contributed by atoms with E-state index >= 15 is 0 Å². The molecule has 0 aromatic carbocycles. The molecule has 146 valence electrons. The molecule has 0 saturated carbocycles. The smallest absolute Gasteiger partial charge is 0.275 e. The molecule has 3 aromatic heterocycles. The van der Waals surface area contributed by atoms with Gasteiger partial charge in [-0.05, 0) is 26.0 Å². The van der Waals surface area contributed by atoms with Crippen LogP contribution in [0.1, 0.15) is 29.1 Å². The lowest BCUT2D eigenvalue weighted by atomic mass is 10.2. The Kier molecular flexibility index (Phi) is 4.91. The Balaban J connectivity index is 1.88. The second-order valence-electron chi connectivity index (χ2n) is 5.99. The van der Waals surface area contributed by atoms with E-state index in [-0.39, 0.29) is 10.6 Å². The maximum atomic E-state index is 12.7. The fourth-order valence-corrected chi connectivity index (χ4v) is 5.26. The van der Waals surface area contributed by atoms with E-state index in [1.54, 1.807) is 38.0 Å². The van der Waals surface area contributed by atoms with Crippen molar-refractivity contribution in [3.05, 3.63) is 40.7 Å². The van der Waals surface area contributed by atoms with Crippen LogP contribution in [0.5, 0.6) is 0 Å². The van der Waals surface area contributed by atoms with Crippen LogP contribution in [-0.4, -0.2) is 28.4 Å². The first-order valence-corrected chi connectivity index (χ1v) is 10.0. The number of aromatic nitrogens is 4. The van der Waals surface area contributed by atoms with Crippen molar-refractivity contribution in [2.75, 3.05) is 0 Å². The van der Waals surface area contributed by atoms with Gasteiger partial charge in [-0.3, -0.25) is 9.78 Å². The van der Waals surface area contributed by atoms with Gasteiger partial charge in [0.2, 0.25) is 10.0 Å². The summed E-state index contributed by atoms with van der Waals surface area (Å²) in [7, 11) is -2.15. The molecule has 0 bridgehead atoms. The van der Waals surface area contributed by atoms with Crippen LogP contribution in [0.2, 0.25) is 0 Å². The average Bonchev–Trinajstić information content (AvgIpc) is 3.24. The Labute approximate surface area is 157 Å². The Morgan fingerprint density at radius 2 is 2.04 bits per heavy atom. The molecule has 2 N–H and O–H groups in total. The van der Waals surface area contributed by atoms with Crippen LogP contribution in [0, 0.1) is 6.92 Å². The zero-order valence-electron chi connectivity index (χ0n) is 14.5. The van der Waals surface area contributed by atoms with Gasteiger partial charge in [0.05, 0.1) is 16.0 Å². The van der Waals surface area contributed by atoms with Crippen molar-refractivity contribution < 1.29 is 21.6 Å². The van der Waals surface area contributed by atoms with Crippen LogP contribution in [-0.2, 0) is 23.2 Å². The number of H-pyrrole nitrogens is 1. The summed E-state index contributed by atoms with van der Waals surface area (Å²) in [6.45, 7) is 3.27. The summed E-state index contributed by atoms with van der Waals surface area (Å²) >= 11 is 1.06. The van der Waals surface area contributed by atoms with Crippen molar-refractivity contribution in [2.24, 2.45) is 7.05 Å². The lowest BCUT2D eigenvalue weighted by molar-refractivity contribution is -0.141. The van der Waals surface area contributed by atoms with Gasteiger partial charge in [-0.2, -0.15) is 23.4 Å². The minimum absolute atomic E-state index is 0.00907. The molecule has 0 saturated heterocycles. The van der Waals surface area contributed by atoms with Crippen molar-refractivity contribution in [1.29, 1.82) is 0 Å². The molecule has 12 heteroatoms. The van der Waals surface area contributed by atoms with Crippen molar-refractivity contribution in [1.82, 2.24) is 24.7 Å². The molecule has 7 nitrogen and oxygen atoms in total. The molecule has 0 radical (unpaired) electrons. The van der Waals surface area contributed by atoms with Crippen molar-refractivity contribution in [3.63, 3.8) is 0 Å².